The molecule has 4 aliphatic rings. The molecule has 5 unspecified atom stereocenters. The van der Waals surface area contributed by atoms with Gasteiger partial charge in [-0.25, -0.2) is 0 Å². The standard InChI is InChI=1S/C15H22N2O3S/c1-15-5-4-13(19)17(15)11(8-21-15)14(20)16-6-9-2-3-12(18)10(9)7-16/h9-12,18H,2-8H2,1H3. The Balaban J connectivity index is 1.50. The van der Waals surface area contributed by atoms with Crippen molar-refractivity contribution in [2.45, 2.75) is 49.6 Å². The molecule has 0 radical (unpaired) electrons. The van der Waals surface area contributed by atoms with Crippen molar-refractivity contribution in [3.63, 3.8) is 0 Å². The van der Waals surface area contributed by atoms with E-state index in [0.717, 1.165) is 31.6 Å². The fourth-order valence-corrected chi connectivity index (χ4v) is 6.05. The summed E-state index contributed by atoms with van der Waals surface area (Å²) in [4.78, 5) is 28.6. The van der Waals surface area contributed by atoms with Crippen molar-refractivity contribution in [2.75, 3.05) is 18.8 Å². The van der Waals surface area contributed by atoms with Crippen LogP contribution < -0.4 is 0 Å². The molecule has 116 valence electrons. The third-order valence-corrected chi connectivity index (χ3v) is 7.37. The van der Waals surface area contributed by atoms with E-state index in [9.17, 15) is 14.7 Å². The van der Waals surface area contributed by atoms with Crippen LogP contribution in [0.2, 0.25) is 0 Å². The van der Waals surface area contributed by atoms with Crippen LogP contribution in [0, 0.1) is 11.8 Å². The van der Waals surface area contributed by atoms with Crippen LogP contribution in [-0.4, -0.2) is 62.6 Å². The Kier molecular flexibility index (Phi) is 3.05. The van der Waals surface area contributed by atoms with Gasteiger partial charge in [0.05, 0.1) is 11.0 Å². The molecule has 1 saturated carbocycles. The number of carbonyl (C=O) groups is 2. The highest BCUT2D eigenvalue weighted by Gasteiger charge is 2.54. The third kappa shape index (κ3) is 1.95. The quantitative estimate of drug-likeness (QED) is 0.773. The zero-order chi connectivity index (χ0) is 14.8. The molecule has 4 fully saturated rings. The minimum Gasteiger partial charge on any atom is -0.393 e. The molecule has 0 aromatic rings. The summed E-state index contributed by atoms with van der Waals surface area (Å²) in [5.74, 6) is 1.65. The Morgan fingerprint density at radius 2 is 2.19 bits per heavy atom. The van der Waals surface area contributed by atoms with Gasteiger partial charge in [0.25, 0.3) is 0 Å². The molecule has 5 atom stereocenters. The monoisotopic (exact) mass is 310 g/mol. The van der Waals surface area contributed by atoms with E-state index >= 15 is 0 Å². The first-order chi connectivity index (χ1) is 9.99. The van der Waals surface area contributed by atoms with Gasteiger partial charge in [-0.15, -0.1) is 11.8 Å². The van der Waals surface area contributed by atoms with Crippen molar-refractivity contribution in [1.29, 1.82) is 0 Å². The summed E-state index contributed by atoms with van der Waals surface area (Å²) in [5, 5.41) is 9.99. The van der Waals surface area contributed by atoms with Crippen LogP contribution in [0.3, 0.4) is 0 Å². The van der Waals surface area contributed by atoms with Crippen LogP contribution in [0.25, 0.3) is 0 Å². The summed E-state index contributed by atoms with van der Waals surface area (Å²) in [5.41, 5.74) is 0. The van der Waals surface area contributed by atoms with Crippen LogP contribution in [0.1, 0.15) is 32.6 Å². The van der Waals surface area contributed by atoms with E-state index in [-0.39, 0.29) is 34.7 Å². The fourth-order valence-electron chi connectivity index (χ4n) is 4.63. The molecular formula is C15H22N2O3S. The number of aliphatic hydroxyl groups is 1. The minimum atomic E-state index is -0.286. The zero-order valence-electron chi connectivity index (χ0n) is 12.3. The molecule has 0 aromatic heterocycles. The minimum absolute atomic E-state index is 0.100. The molecule has 3 heterocycles. The Bertz CT molecular complexity index is 499. The van der Waals surface area contributed by atoms with Gasteiger partial charge >= 0.3 is 0 Å². The highest BCUT2D eigenvalue weighted by molar-refractivity contribution is 8.01. The lowest BCUT2D eigenvalue weighted by Crippen LogP contribution is -2.51. The van der Waals surface area contributed by atoms with Crippen molar-refractivity contribution < 1.29 is 14.7 Å². The van der Waals surface area contributed by atoms with Gasteiger partial charge in [0.1, 0.15) is 6.04 Å². The molecule has 21 heavy (non-hydrogen) atoms. The number of amides is 2. The van der Waals surface area contributed by atoms with Crippen LogP contribution >= 0.6 is 11.8 Å². The van der Waals surface area contributed by atoms with Gasteiger partial charge in [0, 0.05) is 31.2 Å². The van der Waals surface area contributed by atoms with E-state index in [4.69, 9.17) is 0 Å². The Morgan fingerprint density at radius 1 is 1.38 bits per heavy atom. The topological polar surface area (TPSA) is 60.9 Å². The van der Waals surface area contributed by atoms with Crippen molar-refractivity contribution in [3.05, 3.63) is 0 Å². The molecule has 5 nitrogen and oxygen atoms in total. The molecule has 1 N–H and O–H groups in total. The first kappa shape index (κ1) is 13.9. The Labute approximate surface area is 129 Å². The van der Waals surface area contributed by atoms with Crippen LogP contribution in [0.4, 0.5) is 0 Å². The molecule has 2 amide bonds. The normalized spacial score (nSPS) is 45.3. The lowest BCUT2D eigenvalue weighted by molar-refractivity contribution is -0.143. The van der Waals surface area contributed by atoms with Gasteiger partial charge < -0.3 is 14.9 Å². The summed E-state index contributed by atoms with van der Waals surface area (Å²) in [6.07, 6.45) is 3.07. The van der Waals surface area contributed by atoms with Gasteiger partial charge in [-0.05, 0) is 32.1 Å². The fraction of sp³-hybridized carbons (Fsp3) is 0.867. The molecule has 0 spiro atoms. The highest BCUT2D eigenvalue weighted by Crippen LogP contribution is 2.48. The smallest absolute Gasteiger partial charge is 0.246 e. The lowest BCUT2D eigenvalue weighted by Gasteiger charge is -2.32. The van der Waals surface area contributed by atoms with E-state index < -0.39 is 0 Å². The van der Waals surface area contributed by atoms with Crippen molar-refractivity contribution >= 4 is 23.6 Å². The third-order valence-electron chi connectivity index (χ3n) is 5.86. The van der Waals surface area contributed by atoms with Crippen molar-refractivity contribution in [2.24, 2.45) is 11.8 Å². The van der Waals surface area contributed by atoms with Gasteiger partial charge in [0.15, 0.2) is 0 Å². The second-order valence-electron chi connectivity index (χ2n) is 7.08. The molecule has 1 aliphatic carbocycles. The summed E-state index contributed by atoms with van der Waals surface area (Å²) < 4.78 is 0. The number of nitrogens with zero attached hydrogens (tertiary/aromatic N) is 2. The van der Waals surface area contributed by atoms with Crippen LogP contribution in [0.15, 0.2) is 0 Å². The maximum absolute atomic E-state index is 12.9. The lowest BCUT2D eigenvalue weighted by atomic mass is 10.00. The summed E-state index contributed by atoms with van der Waals surface area (Å²) in [7, 11) is 0. The number of hydrogen-bond acceptors (Lipinski definition) is 4. The van der Waals surface area contributed by atoms with Gasteiger partial charge in [0.2, 0.25) is 11.8 Å². The zero-order valence-corrected chi connectivity index (χ0v) is 13.1. The summed E-state index contributed by atoms with van der Waals surface area (Å²) in [6, 6.07) is -0.286. The molecule has 6 heteroatoms. The molecule has 0 bridgehead atoms. The molecule has 3 saturated heterocycles. The predicted molar refractivity (Wildman–Crippen MR) is 79.5 cm³/mol. The Morgan fingerprint density at radius 3 is 2.95 bits per heavy atom. The van der Waals surface area contributed by atoms with Gasteiger partial charge in [-0.3, -0.25) is 9.59 Å². The molecule has 0 aromatic carbocycles. The number of hydrogen-bond donors (Lipinski definition) is 1. The number of carbonyl (C=O) groups excluding carboxylic acids is 2. The van der Waals surface area contributed by atoms with E-state index in [1.807, 2.05) is 9.80 Å². The molecular weight excluding hydrogens is 288 g/mol. The van der Waals surface area contributed by atoms with E-state index in [2.05, 4.69) is 6.92 Å². The molecule has 3 aliphatic heterocycles. The number of fused-ring (bicyclic) bond motifs is 2. The Hall–Kier alpha value is -0.750. The second kappa shape index (κ2) is 4.62. The maximum Gasteiger partial charge on any atom is 0.246 e. The maximum atomic E-state index is 12.9. The van der Waals surface area contributed by atoms with Crippen LogP contribution in [-0.2, 0) is 9.59 Å². The largest absolute Gasteiger partial charge is 0.393 e. The van der Waals surface area contributed by atoms with E-state index in [1.54, 1.807) is 11.8 Å². The number of likely N-dealkylation sites (tertiary alicyclic amines) is 1. The first-order valence-corrected chi connectivity index (χ1v) is 8.91. The van der Waals surface area contributed by atoms with E-state index in [0.29, 0.717) is 18.9 Å². The summed E-state index contributed by atoms with van der Waals surface area (Å²) in [6.45, 7) is 3.52. The highest BCUT2D eigenvalue weighted by atomic mass is 32.2. The predicted octanol–water partition coefficient (Wildman–Crippen LogP) is 0.670. The van der Waals surface area contributed by atoms with Crippen molar-refractivity contribution in [1.82, 2.24) is 9.80 Å². The number of rotatable bonds is 1. The second-order valence-corrected chi connectivity index (χ2v) is 8.58. The van der Waals surface area contributed by atoms with E-state index in [1.165, 1.54) is 0 Å². The number of aliphatic hydroxyl groups excluding tert-OH is 1. The molecule has 4 rings (SSSR count). The average Bonchev–Trinajstić information content (AvgIpc) is 3.15. The van der Waals surface area contributed by atoms with Gasteiger partial charge in [-0.2, -0.15) is 0 Å². The summed E-state index contributed by atoms with van der Waals surface area (Å²) >= 11 is 1.74. The van der Waals surface area contributed by atoms with Crippen molar-refractivity contribution in [3.8, 4) is 0 Å². The number of thioether (sulfide) groups is 1. The average molecular weight is 310 g/mol. The first-order valence-electron chi connectivity index (χ1n) is 7.92. The van der Waals surface area contributed by atoms with Crippen LogP contribution in [0.5, 0.6) is 0 Å². The SMILES string of the molecule is CC12CCC(=O)N1C(C(=O)N1CC3CCC(O)C3C1)CS2. The van der Waals surface area contributed by atoms with Gasteiger partial charge in [-0.1, -0.05) is 0 Å².